The number of fused-ring (bicyclic) bond motifs is 3. The number of carbonyl (C=O) groups excluding carboxylic acids is 2. The number of anilines is 1. The molecule has 4 N–H and O–H groups in total. The van der Waals surface area contributed by atoms with Crippen molar-refractivity contribution in [3.63, 3.8) is 0 Å². The smallest absolute Gasteiger partial charge is 0.393 e. The van der Waals surface area contributed by atoms with E-state index in [0.717, 1.165) is 25.0 Å². The summed E-state index contributed by atoms with van der Waals surface area (Å²) in [5, 5.41) is 13.7. The molecule has 1 saturated carbocycles. The van der Waals surface area contributed by atoms with Crippen LogP contribution in [0.1, 0.15) is 64.9 Å². The number of primary amides is 1. The summed E-state index contributed by atoms with van der Waals surface area (Å²) in [7, 11) is 0. The van der Waals surface area contributed by atoms with E-state index in [1.165, 1.54) is 10.6 Å². The lowest BCUT2D eigenvalue weighted by Gasteiger charge is -2.28. The van der Waals surface area contributed by atoms with Crippen LogP contribution in [0.5, 0.6) is 0 Å². The van der Waals surface area contributed by atoms with Crippen LogP contribution in [-0.4, -0.2) is 33.6 Å². The van der Waals surface area contributed by atoms with Crippen LogP contribution in [0.3, 0.4) is 0 Å². The molecule has 6 nitrogen and oxygen atoms in total. The number of nitrogens with one attached hydrogen (secondary N) is 1. The maximum absolute atomic E-state index is 13.4. The van der Waals surface area contributed by atoms with Crippen molar-refractivity contribution in [2.24, 2.45) is 5.73 Å². The van der Waals surface area contributed by atoms with Gasteiger partial charge in [0, 0.05) is 34.8 Å². The van der Waals surface area contributed by atoms with Crippen molar-refractivity contribution in [3.8, 4) is 11.1 Å². The van der Waals surface area contributed by atoms with Crippen molar-refractivity contribution in [1.82, 2.24) is 4.57 Å². The molecule has 2 heterocycles. The molecule has 0 atom stereocenters. The minimum atomic E-state index is -4.52. The summed E-state index contributed by atoms with van der Waals surface area (Å²) in [6, 6.07) is 8.68. The molecule has 3 aromatic rings. The number of amides is 1. The molecule has 0 unspecified atom stereocenters. The molecule has 1 fully saturated rings. The van der Waals surface area contributed by atoms with Crippen molar-refractivity contribution in [1.29, 1.82) is 0 Å². The molecule has 0 radical (unpaired) electrons. The van der Waals surface area contributed by atoms with Crippen molar-refractivity contribution in [2.45, 2.75) is 63.3 Å². The third-order valence-electron chi connectivity index (χ3n) is 7.08. The molecule has 0 saturated heterocycles. The molecule has 0 spiro atoms. The van der Waals surface area contributed by atoms with Crippen LogP contribution in [0.2, 0.25) is 0 Å². The second-order valence-corrected chi connectivity index (χ2v) is 9.41. The SMILES string of the molecule is NC(=O)c1ccc(-c2c3n(c4cc(C(F)(F)F)ccc24)C(=O)CCC3)cc1NC1CCC(O)CC1. The van der Waals surface area contributed by atoms with Crippen molar-refractivity contribution in [2.75, 3.05) is 5.32 Å². The average molecular weight is 486 g/mol. The highest BCUT2D eigenvalue weighted by atomic mass is 19.4. The van der Waals surface area contributed by atoms with Gasteiger partial charge in [-0.05, 0) is 68.4 Å². The Morgan fingerprint density at radius 2 is 1.80 bits per heavy atom. The van der Waals surface area contributed by atoms with Gasteiger partial charge in [0.2, 0.25) is 5.91 Å². The summed E-state index contributed by atoms with van der Waals surface area (Å²) in [5.41, 5.74) is 7.97. The molecule has 5 rings (SSSR count). The van der Waals surface area contributed by atoms with Gasteiger partial charge in [0.1, 0.15) is 0 Å². The monoisotopic (exact) mass is 485 g/mol. The third-order valence-corrected chi connectivity index (χ3v) is 7.08. The summed E-state index contributed by atoms with van der Waals surface area (Å²) in [6.07, 6.45) is -0.617. The molecular formula is C26H26F3N3O3. The number of nitrogens with zero attached hydrogens (tertiary/aromatic N) is 1. The number of carbonyl (C=O) groups is 2. The molecule has 9 heteroatoms. The Morgan fingerprint density at radius 1 is 1.06 bits per heavy atom. The number of alkyl halides is 3. The highest BCUT2D eigenvalue weighted by molar-refractivity contribution is 6.06. The van der Waals surface area contributed by atoms with Gasteiger partial charge in [0.15, 0.2) is 0 Å². The average Bonchev–Trinajstić information content (AvgIpc) is 3.14. The summed E-state index contributed by atoms with van der Waals surface area (Å²) in [6.45, 7) is 0. The van der Waals surface area contributed by atoms with Crippen LogP contribution in [0.15, 0.2) is 36.4 Å². The van der Waals surface area contributed by atoms with E-state index in [0.29, 0.717) is 59.1 Å². The summed E-state index contributed by atoms with van der Waals surface area (Å²) < 4.78 is 41.7. The number of hydrogen-bond acceptors (Lipinski definition) is 4. The Labute approximate surface area is 199 Å². The number of benzene rings is 2. The lowest BCUT2D eigenvalue weighted by Crippen LogP contribution is -2.29. The van der Waals surface area contributed by atoms with Gasteiger partial charge in [0.05, 0.1) is 22.7 Å². The first-order valence-electron chi connectivity index (χ1n) is 11.8. The van der Waals surface area contributed by atoms with Gasteiger partial charge in [-0.3, -0.25) is 14.2 Å². The first-order chi connectivity index (χ1) is 16.6. The first kappa shape index (κ1) is 23.4. The lowest BCUT2D eigenvalue weighted by atomic mass is 9.92. The molecular weight excluding hydrogens is 459 g/mol. The van der Waals surface area contributed by atoms with Gasteiger partial charge in [-0.2, -0.15) is 13.2 Å². The van der Waals surface area contributed by atoms with Gasteiger partial charge in [-0.25, -0.2) is 0 Å². The second kappa shape index (κ2) is 8.71. The maximum Gasteiger partial charge on any atom is 0.416 e. The topological polar surface area (TPSA) is 97.4 Å². The normalized spacial score (nSPS) is 20.6. The molecule has 35 heavy (non-hydrogen) atoms. The number of aliphatic hydroxyl groups is 1. The fourth-order valence-corrected chi connectivity index (χ4v) is 5.35. The van der Waals surface area contributed by atoms with Crippen molar-refractivity contribution < 1.29 is 27.9 Å². The van der Waals surface area contributed by atoms with Crippen LogP contribution in [0, 0.1) is 0 Å². The molecule has 1 aliphatic carbocycles. The molecule has 184 valence electrons. The van der Waals surface area contributed by atoms with E-state index in [2.05, 4.69) is 5.32 Å². The standard InChI is InChI=1S/C26H26F3N3O3/c27-26(28,29)15-5-11-19-22(13-15)32-21(2-1-3-23(32)34)24(19)14-4-10-18(25(30)35)20(12-14)31-16-6-8-17(33)9-7-16/h4-5,10-13,16-17,31,33H,1-3,6-9H2,(H2,30,35). The minimum Gasteiger partial charge on any atom is -0.393 e. The maximum atomic E-state index is 13.4. The fourth-order valence-electron chi connectivity index (χ4n) is 5.35. The largest absolute Gasteiger partial charge is 0.416 e. The number of aliphatic hydroxyl groups excluding tert-OH is 1. The molecule has 2 aliphatic rings. The van der Waals surface area contributed by atoms with Gasteiger partial charge < -0.3 is 16.2 Å². The molecule has 2 aromatic carbocycles. The number of rotatable bonds is 4. The van der Waals surface area contributed by atoms with E-state index < -0.39 is 17.6 Å². The quantitative estimate of drug-likeness (QED) is 0.478. The fraction of sp³-hybridized carbons (Fsp3) is 0.385. The second-order valence-electron chi connectivity index (χ2n) is 9.41. The zero-order valence-electron chi connectivity index (χ0n) is 19.0. The minimum absolute atomic E-state index is 0.0577. The zero-order chi connectivity index (χ0) is 24.9. The molecule has 1 aromatic heterocycles. The highest BCUT2D eigenvalue weighted by Gasteiger charge is 2.33. The van der Waals surface area contributed by atoms with Crippen LogP contribution < -0.4 is 11.1 Å². The van der Waals surface area contributed by atoms with Gasteiger partial charge in [-0.1, -0.05) is 12.1 Å². The van der Waals surface area contributed by atoms with Crippen LogP contribution in [0.4, 0.5) is 18.9 Å². The highest BCUT2D eigenvalue weighted by Crippen LogP contribution is 2.41. The number of aromatic nitrogens is 1. The van der Waals surface area contributed by atoms with Gasteiger partial charge >= 0.3 is 6.18 Å². The molecule has 1 amide bonds. The summed E-state index contributed by atoms with van der Waals surface area (Å²) >= 11 is 0. The Morgan fingerprint density at radius 3 is 2.49 bits per heavy atom. The van der Waals surface area contributed by atoms with E-state index in [4.69, 9.17) is 5.73 Å². The zero-order valence-corrected chi connectivity index (χ0v) is 19.0. The Hall–Kier alpha value is -3.33. The first-order valence-corrected chi connectivity index (χ1v) is 11.8. The lowest BCUT2D eigenvalue weighted by molar-refractivity contribution is -0.137. The third kappa shape index (κ3) is 4.29. The van der Waals surface area contributed by atoms with Crippen LogP contribution >= 0.6 is 0 Å². The summed E-state index contributed by atoms with van der Waals surface area (Å²) in [4.78, 5) is 24.9. The van der Waals surface area contributed by atoms with E-state index in [1.54, 1.807) is 18.2 Å². The Bertz CT molecular complexity index is 1320. The van der Waals surface area contributed by atoms with Crippen molar-refractivity contribution >= 4 is 28.4 Å². The van der Waals surface area contributed by atoms with Crippen LogP contribution in [-0.2, 0) is 12.6 Å². The molecule has 0 bridgehead atoms. The Balaban J connectivity index is 1.66. The van der Waals surface area contributed by atoms with E-state index in [9.17, 15) is 27.9 Å². The number of hydrogen-bond donors (Lipinski definition) is 3. The predicted octanol–water partition coefficient (Wildman–Crippen LogP) is 5.12. The van der Waals surface area contributed by atoms with Gasteiger partial charge in [-0.15, -0.1) is 0 Å². The van der Waals surface area contributed by atoms with Gasteiger partial charge in [0.25, 0.3) is 5.91 Å². The number of nitrogens with two attached hydrogens (primary N) is 1. The van der Waals surface area contributed by atoms with E-state index in [-0.39, 0.29) is 30.0 Å². The van der Waals surface area contributed by atoms with E-state index in [1.807, 2.05) is 0 Å². The number of halogens is 3. The summed E-state index contributed by atoms with van der Waals surface area (Å²) in [5.74, 6) is -0.821. The molecule has 1 aliphatic heterocycles. The Kier molecular flexibility index (Phi) is 5.83. The van der Waals surface area contributed by atoms with Crippen LogP contribution in [0.25, 0.3) is 22.0 Å². The van der Waals surface area contributed by atoms with E-state index >= 15 is 0 Å². The van der Waals surface area contributed by atoms with Crippen molar-refractivity contribution in [3.05, 3.63) is 53.2 Å². The predicted molar refractivity (Wildman–Crippen MR) is 126 cm³/mol.